The predicted molar refractivity (Wildman–Crippen MR) is 113 cm³/mol. The van der Waals surface area contributed by atoms with Crippen LogP contribution >= 0.6 is 0 Å². The second-order valence-electron chi connectivity index (χ2n) is 6.26. The molecule has 1 aromatic heterocycles. The van der Waals surface area contributed by atoms with E-state index in [1.54, 1.807) is 23.0 Å². The second kappa shape index (κ2) is 9.01. The Kier molecular flexibility index (Phi) is 6.24. The van der Waals surface area contributed by atoms with Crippen LogP contribution in [0.4, 0.5) is 5.69 Å². The molecule has 2 aromatic carbocycles. The van der Waals surface area contributed by atoms with Crippen molar-refractivity contribution in [1.82, 2.24) is 9.78 Å². The fourth-order valence-corrected chi connectivity index (χ4v) is 2.90. The first kappa shape index (κ1) is 19.4. The minimum atomic E-state index is 0.405. The highest BCUT2D eigenvalue weighted by Gasteiger charge is 2.12. The fraction of sp³-hybridized carbons (Fsp3) is 0.182. The van der Waals surface area contributed by atoms with Crippen LogP contribution in [0.2, 0.25) is 0 Å². The summed E-state index contributed by atoms with van der Waals surface area (Å²) >= 11 is 0. The van der Waals surface area contributed by atoms with Gasteiger partial charge in [0, 0.05) is 35.6 Å². The van der Waals surface area contributed by atoms with Crippen molar-refractivity contribution in [3.05, 3.63) is 72.1 Å². The molecule has 0 amide bonds. The first-order valence-electron chi connectivity index (χ1n) is 8.97. The number of benzene rings is 2. The van der Waals surface area contributed by atoms with Crippen molar-refractivity contribution < 1.29 is 9.47 Å². The molecule has 0 aliphatic carbocycles. The third-order valence-corrected chi connectivity index (χ3v) is 4.48. The number of anilines is 1. The topological polar surface area (TPSA) is 86.2 Å². The molecule has 0 radical (unpaired) electrons. The number of ether oxygens (including phenoxy) is 2. The number of nitrogens with zero attached hydrogens (tertiary/aromatic N) is 2. The summed E-state index contributed by atoms with van der Waals surface area (Å²) in [5, 5.41) is 11.8. The molecule has 0 spiro atoms. The van der Waals surface area contributed by atoms with E-state index in [-0.39, 0.29) is 0 Å². The zero-order chi connectivity index (χ0) is 19.9. The van der Waals surface area contributed by atoms with Gasteiger partial charge in [0.1, 0.15) is 12.4 Å². The quantitative estimate of drug-likeness (QED) is 0.337. The van der Waals surface area contributed by atoms with Crippen LogP contribution in [0.25, 0.3) is 17.2 Å². The maximum atomic E-state index is 7.49. The van der Waals surface area contributed by atoms with Gasteiger partial charge in [-0.15, -0.1) is 0 Å². The molecule has 0 fully saturated rings. The van der Waals surface area contributed by atoms with Gasteiger partial charge in [0.25, 0.3) is 0 Å². The molecule has 0 aliphatic heterocycles. The lowest BCUT2D eigenvalue weighted by molar-refractivity contribution is 0.0853. The van der Waals surface area contributed by atoms with Crippen molar-refractivity contribution in [2.45, 2.75) is 6.61 Å². The van der Waals surface area contributed by atoms with Gasteiger partial charge in [0.15, 0.2) is 0 Å². The molecule has 0 saturated heterocycles. The number of nitrogens with one attached hydrogen (secondary N) is 1. The standard InChI is InChI=1S/C22H24N4O2/c1-3-16-6-4-5-7-22(16)28-11-10-27-15-21-19(14-25-26(21)2)17-8-9-20(24)18(12-17)13-23/h3-9,12-14,23H,1,10-11,15,24H2,2H3. The first-order chi connectivity index (χ1) is 13.6. The SMILES string of the molecule is C=Cc1ccccc1OCCOCc1c(-c2ccc(N)c(C=N)c2)cnn1C. The zero-order valence-electron chi connectivity index (χ0n) is 15.9. The molecule has 0 atom stereocenters. The minimum Gasteiger partial charge on any atom is -0.491 e. The molecule has 1 heterocycles. The van der Waals surface area contributed by atoms with Gasteiger partial charge >= 0.3 is 0 Å². The van der Waals surface area contributed by atoms with E-state index >= 15 is 0 Å². The summed E-state index contributed by atoms with van der Waals surface area (Å²) in [7, 11) is 1.88. The van der Waals surface area contributed by atoms with Gasteiger partial charge < -0.3 is 20.6 Å². The van der Waals surface area contributed by atoms with Crippen molar-refractivity contribution in [2.24, 2.45) is 7.05 Å². The van der Waals surface area contributed by atoms with Gasteiger partial charge in [-0.2, -0.15) is 5.10 Å². The summed E-state index contributed by atoms with van der Waals surface area (Å²) < 4.78 is 13.4. The van der Waals surface area contributed by atoms with Gasteiger partial charge in [-0.3, -0.25) is 4.68 Å². The Balaban J connectivity index is 1.62. The van der Waals surface area contributed by atoms with Crippen LogP contribution in [0.15, 0.2) is 55.2 Å². The van der Waals surface area contributed by atoms with E-state index in [1.165, 1.54) is 6.21 Å². The van der Waals surface area contributed by atoms with Crippen LogP contribution in [0, 0.1) is 5.41 Å². The maximum Gasteiger partial charge on any atom is 0.126 e. The largest absolute Gasteiger partial charge is 0.491 e. The Morgan fingerprint density at radius 3 is 2.79 bits per heavy atom. The van der Waals surface area contributed by atoms with Gasteiger partial charge in [-0.05, 0) is 23.8 Å². The smallest absolute Gasteiger partial charge is 0.126 e. The Morgan fingerprint density at radius 2 is 2.00 bits per heavy atom. The van der Waals surface area contributed by atoms with Crippen LogP contribution in [0.1, 0.15) is 16.8 Å². The summed E-state index contributed by atoms with van der Waals surface area (Å²) in [6.45, 7) is 5.09. The summed E-state index contributed by atoms with van der Waals surface area (Å²) in [5.74, 6) is 0.795. The maximum absolute atomic E-state index is 7.49. The van der Waals surface area contributed by atoms with Crippen molar-refractivity contribution in [3.63, 3.8) is 0 Å². The lowest BCUT2D eigenvalue weighted by Gasteiger charge is -2.11. The van der Waals surface area contributed by atoms with Crippen LogP contribution < -0.4 is 10.5 Å². The molecule has 3 rings (SSSR count). The fourth-order valence-electron chi connectivity index (χ4n) is 2.90. The van der Waals surface area contributed by atoms with E-state index in [2.05, 4.69) is 11.7 Å². The average Bonchev–Trinajstić information content (AvgIpc) is 3.09. The van der Waals surface area contributed by atoms with Crippen molar-refractivity contribution in [2.75, 3.05) is 18.9 Å². The van der Waals surface area contributed by atoms with Crippen molar-refractivity contribution >= 4 is 18.0 Å². The third-order valence-electron chi connectivity index (χ3n) is 4.48. The molecule has 28 heavy (non-hydrogen) atoms. The van der Waals surface area contributed by atoms with E-state index in [0.29, 0.717) is 31.1 Å². The normalized spacial score (nSPS) is 10.6. The number of nitrogens with two attached hydrogens (primary N) is 1. The number of para-hydroxylation sites is 1. The van der Waals surface area contributed by atoms with E-state index in [9.17, 15) is 0 Å². The first-order valence-corrected chi connectivity index (χ1v) is 8.97. The highest BCUT2D eigenvalue weighted by atomic mass is 16.5. The number of hydrogen-bond donors (Lipinski definition) is 2. The molecule has 0 bridgehead atoms. The zero-order valence-corrected chi connectivity index (χ0v) is 15.9. The number of aryl methyl sites for hydroxylation is 1. The van der Waals surface area contributed by atoms with Gasteiger partial charge in [0.2, 0.25) is 0 Å². The number of hydrogen-bond acceptors (Lipinski definition) is 5. The highest BCUT2D eigenvalue weighted by Crippen LogP contribution is 2.26. The third kappa shape index (κ3) is 4.29. The Labute approximate surface area is 164 Å². The molecule has 3 aromatic rings. The summed E-state index contributed by atoms with van der Waals surface area (Å²) in [5.41, 5.74) is 11.0. The van der Waals surface area contributed by atoms with Crippen LogP contribution in [-0.4, -0.2) is 29.2 Å². The minimum absolute atomic E-state index is 0.405. The van der Waals surface area contributed by atoms with Gasteiger partial charge in [-0.25, -0.2) is 0 Å². The summed E-state index contributed by atoms with van der Waals surface area (Å²) in [6, 6.07) is 13.4. The molecular formula is C22H24N4O2. The van der Waals surface area contributed by atoms with E-state index in [0.717, 1.165) is 28.1 Å². The molecule has 0 aliphatic rings. The van der Waals surface area contributed by atoms with E-state index < -0.39 is 0 Å². The Morgan fingerprint density at radius 1 is 1.18 bits per heavy atom. The molecule has 3 N–H and O–H groups in total. The average molecular weight is 376 g/mol. The number of aromatic nitrogens is 2. The van der Waals surface area contributed by atoms with Crippen LogP contribution in [0.5, 0.6) is 5.75 Å². The lowest BCUT2D eigenvalue weighted by Crippen LogP contribution is -2.09. The van der Waals surface area contributed by atoms with E-state index in [1.807, 2.05) is 43.4 Å². The van der Waals surface area contributed by atoms with Gasteiger partial charge in [-0.1, -0.05) is 36.9 Å². The monoisotopic (exact) mass is 376 g/mol. The van der Waals surface area contributed by atoms with Crippen molar-refractivity contribution in [1.29, 1.82) is 5.41 Å². The van der Waals surface area contributed by atoms with Gasteiger partial charge in [0.05, 0.1) is 25.1 Å². The predicted octanol–water partition coefficient (Wildman–Crippen LogP) is 3.91. The molecule has 6 heteroatoms. The Bertz CT molecular complexity index is 978. The number of rotatable bonds is 9. The Hall–Kier alpha value is -3.38. The van der Waals surface area contributed by atoms with E-state index in [4.69, 9.17) is 20.6 Å². The van der Waals surface area contributed by atoms with Crippen LogP contribution in [0.3, 0.4) is 0 Å². The molecule has 6 nitrogen and oxygen atoms in total. The highest BCUT2D eigenvalue weighted by molar-refractivity contribution is 5.87. The molecule has 0 saturated carbocycles. The van der Waals surface area contributed by atoms with Crippen LogP contribution in [-0.2, 0) is 18.4 Å². The lowest BCUT2D eigenvalue weighted by atomic mass is 10.0. The second-order valence-corrected chi connectivity index (χ2v) is 6.26. The molecule has 0 unspecified atom stereocenters. The summed E-state index contributed by atoms with van der Waals surface area (Å²) in [4.78, 5) is 0. The van der Waals surface area contributed by atoms with Crippen molar-refractivity contribution in [3.8, 4) is 16.9 Å². The molecule has 144 valence electrons. The summed E-state index contributed by atoms with van der Waals surface area (Å²) in [6.07, 6.45) is 4.83. The molecular weight excluding hydrogens is 352 g/mol. The number of nitrogen functional groups attached to an aromatic ring is 1.